The number of para-hydroxylation sites is 1. The van der Waals surface area contributed by atoms with E-state index in [1.54, 1.807) is 13.2 Å². The summed E-state index contributed by atoms with van der Waals surface area (Å²) in [7, 11) is 1.61. The number of nitrogens with one attached hydrogen (secondary N) is 2. The highest BCUT2D eigenvalue weighted by atomic mass is 16.5. The zero-order valence-corrected chi connectivity index (χ0v) is 16.3. The summed E-state index contributed by atoms with van der Waals surface area (Å²) in [6, 6.07) is 10.8. The van der Waals surface area contributed by atoms with Crippen molar-refractivity contribution < 1.29 is 14.3 Å². The van der Waals surface area contributed by atoms with Crippen molar-refractivity contribution >= 4 is 17.5 Å². The first-order valence-electron chi connectivity index (χ1n) is 8.97. The Morgan fingerprint density at radius 1 is 1.11 bits per heavy atom. The van der Waals surface area contributed by atoms with Gasteiger partial charge >= 0.3 is 0 Å². The molecule has 2 N–H and O–H groups in total. The van der Waals surface area contributed by atoms with E-state index in [-0.39, 0.29) is 22.9 Å². The van der Waals surface area contributed by atoms with Crippen LogP contribution in [0.25, 0.3) is 0 Å². The third kappa shape index (κ3) is 5.89. The minimum absolute atomic E-state index is 0.102. The fraction of sp³-hybridized carbons (Fsp3) is 0.381. The molecular formula is C21H27N3O3. The molecule has 1 aromatic heterocycles. The Labute approximate surface area is 160 Å². The molecule has 0 saturated carbocycles. The van der Waals surface area contributed by atoms with Crippen LogP contribution in [0.15, 0.2) is 42.6 Å². The Hall–Kier alpha value is -2.73. The SMILES string of the molecule is COCCCNC(=O)c1cc(C(=O)Nc2ccccc2C(C)(C)C)ccn1. The van der Waals surface area contributed by atoms with Crippen LogP contribution in [-0.2, 0) is 10.2 Å². The Balaban J connectivity index is 2.11. The highest BCUT2D eigenvalue weighted by Crippen LogP contribution is 2.29. The lowest BCUT2D eigenvalue weighted by Crippen LogP contribution is -2.26. The summed E-state index contributed by atoms with van der Waals surface area (Å²) in [6.45, 7) is 7.34. The maximum atomic E-state index is 12.7. The number of nitrogens with zero attached hydrogens (tertiary/aromatic N) is 1. The van der Waals surface area contributed by atoms with Crippen molar-refractivity contribution in [3.63, 3.8) is 0 Å². The fourth-order valence-corrected chi connectivity index (χ4v) is 2.65. The van der Waals surface area contributed by atoms with Crippen LogP contribution in [0.1, 0.15) is 53.6 Å². The normalized spacial score (nSPS) is 11.1. The van der Waals surface area contributed by atoms with Crippen molar-refractivity contribution in [3.05, 3.63) is 59.4 Å². The molecule has 0 radical (unpaired) electrons. The Bertz CT molecular complexity index is 797. The molecule has 1 heterocycles. The van der Waals surface area contributed by atoms with Gasteiger partial charge < -0.3 is 15.4 Å². The van der Waals surface area contributed by atoms with E-state index in [9.17, 15) is 9.59 Å². The van der Waals surface area contributed by atoms with Crippen LogP contribution in [0.3, 0.4) is 0 Å². The van der Waals surface area contributed by atoms with Crippen LogP contribution in [0.2, 0.25) is 0 Å². The van der Waals surface area contributed by atoms with E-state index in [4.69, 9.17) is 4.74 Å². The molecule has 0 aliphatic heterocycles. The number of aromatic nitrogens is 1. The van der Waals surface area contributed by atoms with Crippen molar-refractivity contribution in [3.8, 4) is 0 Å². The van der Waals surface area contributed by atoms with Gasteiger partial charge in [0.25, 0.3) is 11.8 Å². The Morgan fingerprint density at radius 3 is 2.56 bits per heavy atom. The maximum Gasteiger partial charge on any atom is 0.269 e. The second-order valence-electron chi connectivity index (χ2n) is 7.28. The third-order valence-electron chi connectivity index (χ3n) is 4.05. The summed E-state index contributed by atoms with van der Waals surface area (Å²) in [4.78, 5) is 28.9. The van der Waals surface area contributed by atoms with E-state index in [0.717, 1.165) is 11.3 Å². The third-order valence-corrected chi connectivity index (χ3v) is 4.05. The summed E-state index contributed by atoms with van der Waals surface area (Å²) in [5.41, 5.74) is 2.30. The van der Waals surface area contributed by atoms with Gasteiger partial charge in [0.05, 0.1) is 0 Å². The van der Waals surface area contributed by atoms with Gasteiger partial charge in [0.2, 0.25) is 0 Å². The number of carbonyl (C=O) groups is 2. The average Bonchev–Trinajstić information content (AvgIpc) is 2.64. The maximum absolute atomic E-state index is 12.7. The van der Waals surface area contributed by atoms with Gasteiger partial charge in [-0.1, -0.05) is 39.0 Å². The predicted octanol–water partition coefficient (Wildman–Crippen LogP) is 3.40. The van der Waals surface area contributed by atoms with Gasteiger partial charge in [0, 0.05) is 37.7 Å². The Kier molecular flexibility index (Phi) is 7.07. The van der Waals surface area contributed by atoms with Gasteiger partial charge in [-0.25, -0.2) is 0 Å². The molecule has 2 aromatic rings. The summed E-state index contributed by atoms with van der Waals surface area (Å²) in [6.07, 6.45) is 2.18. The first-order valence-corrected chi connectivity index (χ1v) is 8.97. The van der Waals surface area contributed by atoms with Crippen LogP contribution in [0, 0.1) is 0 Å². The lowest BCUT2D eigenvalue weighted by Gasteiger charge is -2.23. The molecule has 2 rings (SSSR count). The number of anilines is 1. The molecule has 0 atom stereocenters. The van der Waals surface area contributed by atoms with E-state index in [2.05, 4.69) is 36.4 Å². The standard InChI is InChI=1S/C21H27N3O3/c1-21(2,3)16-8-5-6-9-17(16)24-19(25)15-10-12-22-18(14-15)20(26)23-11-7-13-27-4/h5-6,8-10,12,14H,7,11,13H2,1-4H3,(H,23,26)(H,24,25). The second kappa shape index (κ2) is 9.28. The number of carbonyl (C=O) groups excluding carboxylic acids is 2. The zero-order valence-electron chi connectivity index (χ0n) is 16.3. The highest BCUT2D eigenvalue weighted by molar-refractivity contribution is 6.06. The summed E-state index contributed by atoms with van der Waals surface area (Å²) in [5, 5.41) is 5.71. The predicted molar refractivity (Wildman–Crippen MR) is 106 cm³/mol. The number of benzene rings is 1. The topological polar surface area (TPSA) is 80.3 Å². The van der Waals surface area contributed by atoms with Gasteiger partial charge in [-0.3, -0.25) is 14.6 Å². The van der Waals surface area contributed by atoms with E-state index in [1.165, 1.54) is 12.3 Å². The average molecular weight is 369 g/mol. The van der Waals surface area contributed by atoms with Gasteiger partial charge in [0.15, 0.2) is 0 Å². The zero-order chi connectivity index (χ0) is 19.9. The van der Waals surface area contributed by atoms with Crippen LogP contribution >= 0.6 is 0 Å². The van der Waals surface area contributed by atoms with Gasteiger partial charge in [-0.2, -0.15) is 0 Å². The fourth-order valence-electron chi connectivity index (χ4n) is 2.65. The monoisotopic (exact) mass is 369 g/mol. The molecule has 0 unspecified atom stereocenters. The van der Waals surface area contributed by atoms with Crippen LogP contribution in [-0.4, -0.2) is 37.1 Å². The molecule has 144 valence electrons. The van der Waals surface area contributed by atoms with E-state index in [0.29, 0.717) is 25.1 Å². The second-order valence-corrected chi connectivity index (χ2v) is 7.28. The van der Waals surface area contributed by atoms with Crippen molar-refractivity contribution in [2.24, 2.45) is 0 Å². The van der Waals surface area contributed by atoms with Crippen molar-refractivity contribution in [2.75, 3.05) is 25.6 Å². The lowest BCUT2D eigenvalue weighted by atomic mass is 9.86. The largest absolute Gasteiger partial charge is 0.385 e. The van der Waals surface area contributed by atoms with Gasteiger partial charge in [0.1, 0.15) is 5.69 Å². The van der Waals surface area contributed by atoms with E-state index < -0.39 is 0 Å². The van der Waals surface area contributed by atoms with Crippen LogP contribution < -0.4 is 10.6 Å². The Morgan fingerprint density at radius 2 is 1.85 bits per heavy atom. The smallest absolute Gasteiger partial charge is 0.269 e. The molecular weight excluding hydrogens is 342 g/mol. The van der Waals surface area contributed by atoms with Crippen molar-refractivity contribution in [1.29, 1.82) is 0 Å². The number of hydrogen-bond donors (Lipinski definition) is 2. The van der Waals surface area contributed by atoms with Crippen LogP contribution in [0.5, 0.6) is 0 Å². The number of rotatable bonds is 7. The summed E-state index contributed by atoms with van der Waals surface area (Å²) in [5.74, 6) is -0.585. The summed E-state index contributed by atoms with van der Waals surface area (Å²) < 4.78 is 4.95. The number of ether oxygens (including phenoxy) is 1. The quantitative estimate of drug-likeness (QED) is 0.733. The highest BCUT2D eigenvalue weighted by Gasteiger charge is 2.19. The number of pyridine rings is 1. The van der Waals surface area contributed by atoms with E-state index in [1.807, 2.05) is 24.3 Å². The summed E-state index contributed by atoms with van der Waals surface area (Å²) >= 11 is 0. The molecule has 0 aliphatic carbocycles. The number of amides is 2. The molecule has 0 aliphatic rings. The molecule has 1 aromatic carbocycles. The van der Waals surface area contributed by atoms with Crippen molar-refractivity contribution in [2.45, 2.75) is 32.6 Å². The lowest BCUT2D eigenvalue weighted by molar-refractivity contribution is 0.0943. The van der Waals surface area contributed by atoms with Gasteiger partial charge in [-0.15, -0.1) is 0 Å². The van der Waals surface area contributed by atoms with Gasteiger partial charge in [-0.05, 0) is 35.6 Å². The first kappa shape index (κ1) is 20.6. The molecule has 6 heteroatoms. The molecule has 27 heavy (non-hydrogen) atoms. The molecule has 0 fully saturated rings. The minimum Gasteiger partial charge on any atom is -0.385 e. The molecule has 6 nitrogen and oxygen atoms in total. The molecule has 2 amide bonds. The molecule has 0 spiro atoms. The van der Waals surface area contributed by atoms with Crippen LogP contribution in [0.4, 0.5) is 5.69 Å². The number of methoxy groups -OCH3 is 1. The number of hydrogen-bond acceptors (Lipinski definition) is 4. The first-order chi connectivity index (χ1) is 12.8. The molecule has 0 saturated heterocycles. The van der Waals surface area contributed by atoms with E-state index >= 15 is 0 Å². The minimum atomic E-state index is -0.309. The van der Waals surface area contributed by atoms with Crippen molar-refractivity contribution in [1.82, 2.24) is 10.3 Å². The molecule has 0 bridgehead atoms.